The highest BCUT2D eigenvalue weighted by atomic mass is 16.2. The normalized spacial score (nSPS) is 17.3. The molecule has 1 fully saturated rings. The minimum atomic E-state index is -0.285. The van der Waals surface area contributed by atoms with Gasteiger partial charge in [-0.3, -0.25) is 9.59 Å². The summed E-state index contributed by atoms with van der Waals surface area (Å²) in [6.07, 6.45) is 0.282. The Labute approximate surface area is 136 Å². The molecular formula is C19H20N2O2. The maximum absolute atomic E-state index is 12.4. The summed E-state index contributed by atoms with van der Waals surface area (Å²) in [7, 11) is 0. The molecule has 0 aliphatic carbocycles. The van der Waals surface area contributed by atoms with Crippen LogP contribution in [-0.4, -0.2) is 23.3 Å². The lowest BCUT2D eigenvalue weighted by Crippen LogP contribution is -2.28. The van der Waals surface area contributed by atoms with E-state index in [-0.39, 0.29) is 24.2 Å². The molecule has 1 unspecified atom stereocenters. The maximum atomic E-state index is 12.4. The molecule has 0 radical (unpaired) electrons. The summed E-state index contributed by atoms with van der Waals surface area (Å²) in [5.41, 5.74) is 3.00. The third-order valence-corrected chi connectivity index (χ3v) is 4.12. The van der Waals surface area contributed by atoms with Gasteiger partial charge in [-0.05, 0) is 24.6 Å². The maximum Gasteiger partial charge on any atom is 0.229 e. The van der Waals surface area contributed by atoms with Crippen molar-refractivity contribution in [3.05, 3.63) is 65.7 Å². The molecule has 0 aromatic heterocycles. The summed E-state index contributed by atoms with van der Waals surface area (Å²) < 4.78 is 0. The third-order valence-electron chi connectivity index (χ3n) is 4.12. The first-order chi connectivity index (χ1) is 11.1. The molecular weight excluding hydrogens is 288 g/mol. The van der Waals surface area contributed by atoms with Crippen molar-refractivity contribution < 1.29 is 9.59 Å². The van der Waals surface area contributed by atoms with Crippen LogP contribution in [0.4, 0.5) is 5.69 Å². The van der Waals surface area contributed by atoms with Gasteiger partial charge in [0, 0.05) is 25.2 Å². The Bertz CT molecular complexity index is 695. The summed E-state index contributed by atoms with van der Waals surface area (Å²) in [5, 5.41) is 2.90. The van der Waals surface area contributed by atoms with E-state index in [9.17, 15) is 9.59 Å². The molecule has 0 saturated carbocycles. The number of anilines is 1. The van der Waals surface area contributed by atoms with Gasteiger partial charge >= 0.3 is 0 Å². The van der Waals surface area contributed by atoms with Crippen LogP contribution < -0.4 is 5.32 Å². The second-order valence-electron chi connectivity index (χ2n) is 6.02. The fourth-order valence-corrected chi connectivity index (χ4v) is 2.79. The van der Waals surface area contributed by atoms with Crippen LogP contribution in [0.5, 0.6) is 0 Å². The number of hydrogen-bond acceptors (Lipinski definition) is 2. The van der Waals surface area contributed by atoms with E-state index in [0.717, 1.165) is 16.8 Å². The topological polar surface area (TPSA) is 49.4 Å². The molecule has 1 atom stereocenters. The van der Waals surface area contributed by atoms with Gasteiger partial charge in [0.05, 0.1) is 5.92 Å². The van der Waals surface area contributed by atoms with Gasteiger partial charge in [-0.1, -0.05) is 48.0 Å². The van der Waals surface area contributed by atoms with Gasteiger partial charge in [0.15, 0.2) is 0 Å². The van der Waals surface area contributed by atoms with E-state index in [1.807, 2.05) is 61.5 Å². The van der Waals surface area contributed by atoms with Crippen molar-refractivity contribution in [3.63, 3.8) is 0 Å². The van der Waals surface area contributed by atoms with E-state index in [4.69, 9.17) is 0 Å². The predicted molar refractivity (Wildman–Crippen MR) is 89.8 cm³/mol. The molecule has 0 spiro atoms. The molecule has 2 aromatic carbocycles. The summed E-state index contributed by atoms with van der Waals surface area (Å²) in [5.74, 6) is -0.330. The fourth-order valence-electron chi connectivity index (χ4n) is 2.79. The molecule has 1 saturated heterocycles. The summed E-state index contributed by atoms with van der Waals surface area (Å²) in [4.78, 5) is 26.2. The smallest absolute Gasteiger partial charge is 0.229 e. The van der Waals surface area contributed by atoms with E-state index in [2.05, 4.69) is 5.32 Å². The summed E-state index contributed by atoms with van der Waals surface area (Å²) in [6.45, 7) is 3.04. The number of aryl methyl sites for hydroxylation is 1. The van der Waals surface area contributed by atoms with Crippen molar-refractivity contribution in [2.45, 2.75) is 19.9 Å². The number of benzene rings is 2. The first-order valence-electron chi connectivity index (χ1n) is 7.81. The number of nitrogens with one attached hydrogen (secondary N) is 1. The molecule has 2 amide bonds. The predicted octanol–water partition coefficient (Wildman–Crippen LogP) is 2.98. The highest BCUT2D eigenvalue weighted by Gasteiger charge is 2.34. The van der Waals surface area contributed by atoms with Crippen LogP contribution in [0.15, 0.2) is 54.6 Å². The lowest BCUT2D eigenvalue weighted by molar-refractivity contribution is -0.128. The Balaban J connectivity index is 1.60. The zero-order chi connectivity index (χ0) is 16.2. The van der Waals surface area contributed by atoms with Crippen LogP contribution in [0.25, 0.3) is 0 Å². The largest absolute Gasteiger partial charge is 0.338 e. The average Bonchev–Trinajstić information content (AvgIpc) is 2.92. The zero-order valence-corrected chi connectivity index (χ0v) is 13.2. The van der Waals surface area contributed by atoms with E-state index in [0.29, 0.717) is 13.1 Å². The molecule has 4 heteroatoms. The first kappa shape index (κ1) is 15.3. The van der Waals surface area contributed by atoms with Crippen molar-refractivity contribution in [2.24, 2.45) is 5.92 Å². The van der Waals surface area contributed by atoms with Gasteiger partial charge in [0.2, 0.25) is 11.8 Å². The Morgan fingerprint density at radius 1 is 1.13 bits per heavy atom. The molecule has 1 aliphatic heterocycles. The van der Waals surface area contributed by atoms with Crippen molar-refractivity contribution in [3.8, 4) is 0 Å². The Morgan fingerprint density at radius 2 is 1.83 bits per heavy atom. The van der Waals surface area contributed by atoms with Crippen LogP contribution in [0.2, 0.25) is 0 Å². The highest BCUT2D eigenvalue weighted by molar-refractivity contribution is 5.97. The minimum Gasteiger partial charge on any atom is -0.338 e. The quantitative estimate of drug-likeness (QED) is 0.944. The zero-order valence-electron chi connectivity index (χ0n) is 13.2. The van der Waals surface area contributed by atoms with Crippen LogP contribution in [0.3, 0.4) is 0 Å². The Morgan fingerprint density at radius 3 is 2.52 bits per heavy atom. The molecule has 1 aliphatic rings. The SMILES string of the molecule is Cc1ccc(NC(=O)C2CC(=O)N(Cc3ccccc3)C2)cc1. The van der Waals surface area contributed by atoms with Crippen LogP contribution in [0.1, 0.15) is 17.5 Å². The summed E-state index contributed by atoms with van der Waals surface area (Å²) in [6, 6.07) is 17.5. The summed E-state index contributed by atoms with van der Waals surface area (Å²) >= 11 is 0. The molecule has 23 heavy (non-hydrogen) atoms. The molecule has 4 nitrogen and oxygen atoms in total. The van der Waals surface area contributed by atoms with Crippen LogP contribution in [-0.2, 0) is 16.1 Å². The number of likely N-dealkylation sites (tertiary alicyclic amines) is 1. The van der Waals surface area contributed by atoms with Gasteiger partial charge in [-0.2, -0.15) is 0 Å². The molecule has 1 N–H and O–H groups in total. The number of carbonyl (C=O) groups excluding carboxylic acids is 2. The lowest BCUT2D eigenvalue weighted by Gasteiger charge is -2.16. The standard InChI is InChI=1S/C19H20N2O2/c1-14-7-9-17(10-8-14)20-19(23)16-11-18(22)21(13-16)12-15-5-3-2-4-6-15/h2-10,16H,11-13H2,1H3,(H,20,23). The van der Waals surface area contributed by atoms with Crippen LogP contribution in [0, 0.1) is 12.8 Å². The van der Waals surface area contributed by atoms with Gasteiger partial charge in [0.1, 0.15) is 0 Å². The second-order valence-corrected chi connectivity index (χ2v) is 6.02. The van der Waals surface area contributed by atoms with Crippen molar-refractivity contribution >= 4 is 17.5 Å². The lowest BCUT2D eigenvalue weighted by atomic mass is 10.1. The number of rotatable bonds is 4. The van der Waals surface area contributed by atoms with Gasteiger partial charge in [0.25, 0.3) is 0 Å². The molecule has 118 valence electrons. The second kappa shape index (κ2) is 6.65. The minimum absolute atomic E-state index is 0.0397. The highest BCUT2D eigenvalue weighted by Crippen LogP contribution is 2.22. The van der Waals surface area contributed by atoms with Crippen molar-refractivity contribution in [2.75, 3.05) is 11.9 Å². The Hall–Kier alpha value is -2.62. The third kappa shape index (κ3) is 3.77. The van der Waals surface area contributed by atoms with Gasteiger partial charge in [-0.15, -0.1) is 0 Å². The van der Waals surface area contributed by atoms with E-state index >= 15 is 0 Å². The molecule has 0 bridgehead atoms. The first-order valence-corrected chi connectivity index (χ1v) is 7.81. The monoisotopic (exact) mass is 308 g/mol. The average molecular weight is 308 g/mol. The number of nitrogens with zero attached hydrogens (tertiary/aromatic N) is 1. The molecule has 3 rings (SSSR count). The van der Waals surface area contributed by atoms with Gasteiger partial charge < -0.3 is 10.2 Å². The van der Waals surface area contributed by atoms with E-state index < -0.39 is 0 Å². The number of hydrogen-bond donors (Lipinski definition) is 1. The van der Waals surface area contributed by atoms with Crippen LogP contribution >= 0.6 is 0 Å². The number of carbonyl (C=O) groups is 2. The van der Waals surface area contributed by atoms with Crippen molar-refractivity contribution in [1.82, 2.24) is 4.90 Å². The van der Waals surface area contributed by atoms with E-state index in [1.165, 1.54) is 0 Å². The number of amides is 2. The fraction of sp³-hybridized carbons (Fsp3) is 0.263. The Kier molecular flexibility index (Phi) is 4.42. The molecule has 1 heterocycles. The molecule has 2 aromatic rings. The van der Waals surface area contributed by atoms with E-state index in [1.54, 1.807) is 4.90 Å². The van der Waals surface area contributed by atoms with Gasteiger partial charge in [-0.25, -0.2) is 0 Å². The van der Waals surface area contributed by atoms with Crippen molar-refractivity contribution in [1.29, 1.82) is 0 Å².